The van der Waals surface area contributed by atoms with Gasteiger partial charge in [-0.05, 0) is 53.4 Å². The lowest BCUT2D eigenvalue weighted by molar-refractivity contribution is -0.393. The molecule has 0 unspecified atom stereocenters. The Morgan fingerprint density at radius 3 is 1.26 bits per heavy atom. The smallest absolute Gasteiger partial charge is 0.303 e. The molecule has 4 nitrogen and oxygen atoms in total. The summed E-state index contributed by atoms with van der Waals surface area (Å²) >= 11 is 0. The molecule has 0 aliphatic heterocycles. The zero-order valence-corrected chi connectivity index (χ0v) is 14.1. The Morgan fingerprint density at radius 2 is 1.16 bits per heavy atom. The topological polar surface area (TPSA) is 55.8 Å². The summed E-state index contributed by atoms with van der Waals surface area (Å²) in [7, 11) is 0. The fourth-order valence-electron chi connectivity index (χ4n) is 0.732. The molecule has 0 aromatic heterocycles. The molecule has 0 spiro atoms. The van der Waals surface area contributed by atoms with Crippen LogP contribution in [0.15, 0.2) is 0 Å². The molecule has 0 aromatic rings. The van der Waals surface area contributed by atoms with E-state index in [4.69, 9.17) is 14.9 Å². The normalized spacial score (nSPS) is 12.7. The Labute approximate surface area is 118 Å². The number of rotatable bonds is 3. The van der Waals surface area contributed by atoms with Gasteiger partial charge in [0.1, 0.15) is 0 Å². The maximum atomic E-state index is 10.0. The van der Waals surface area contributed by atoms with E-state index in [1.54, 1.807) is 0 Å². The quantitative estimate of drug-likeness (QED) is 0.612. The van der Waals surface area contributed by atoms with Crippen molar-refractivity contribution in [2.45, 2.75) is 86.4 Å². The van der Waals surface area contributed by atoms with E-state index < -0.39 is 5.97 Å². The molecule has 116 valence electrons. The molecule has 0 bridgehead atoms. The summed E-state index contributed by atoms with van der Waals surface area (Å²) in [4.78, 5) is 20.2. The first kappa shape index (κ1) is 20.7. The van der Waals surface area contributed by atoms with Crippen molar-refractivity contribution in [3.8, 4) is 0 Å². The second kappa shape index (κ2) is 7.85. The molecule has 0 atom stereocenters. The molecule has 0 aliphatic rings. The van der Waals surface area contributed by atoms with Crippen molar-refractivity contribution in [1.82, 2.24) is 0 Å². The van der Waals surface area contributed by atoms with Gasteiger partial charge in [-0.25, -0.2) is 9.78 Å². The second-order valence-electron chi connectivity index (χ2n) is 7.85. The van der Waals surface area contributed by atoms with Crippen LogP contribution < -0.4 is 0 Å². The monoisotopic (exact) mass is 276 g/mol. The molecule has 0 rings (SSSR count). The van der Waals surface area contributed by atoms with Gasteiger partial charge in [-0.3, -0.25) is 4.79 Å². The average molecular weight is 276 g/mol. The van der Waals surface area contributed by atoms with Crippen LogP contribution in [0.1, 0.15) is 75.2 Å². The van der Waals surface area contributed by atoms with Gasteiger partial charge in [0, 0.05) is 6.42 Å². The highest BCUT2D eigenvalue weighted by molar-refractivity contribution is 5.66. The molecule has 0 amide bonds. The molecule has 0 aliphatic carbocycles. The van der Waals surface area contributed by atoms with Gasteiger partial charge in [0.2, 0.25) is 0 Å². The number of hydrogen-bond donors (Lipinski definition) is 1. The fourth-order valence-corrected chi connectivity index (χ4v) is 0.732. The van der Waals surface area contributed by atoms with Crippen molar-refractivity contribution in [2.24, 2.45) is 5.41 Å². The summed E-state index contributed by atoms with van der Waals surface area (Å²) in [6.45, 7) is 17.9. The van der Waals surface area contributed by atoms with Gasteiger partial charge in [-0.2, -0.15) is 0 Å². The van der Waals surface area contributed by atoms with Crippen molar-refractivity contribution in [1.29, 1.82) is 0 Å². The lowest BCUT2D eigenvalue weighted by atomic mass is 9.91. The maximum absolute atomic E-state index is 10.0. The SMILES string of the molecule is CC(C)(C)CCC(=O)O.CC(C)(C)OOC(C)(C)C. The molecule has 0 saturated heterocycles. The number of carbonyl (C=O) groups is 1. The van der Waals surface area contributed by atoms with Crippen LogP contribution in [0.5, 0.6) is 0 Å². The highest BCUT2D eigenvalue weighted by Crippen LogP contribution is 2.19. The van der Waals surface area contributed by atoms with E-state index in [1.807, 2.05) is 62.3 Å². The first-order chi connectivity index (χ1) is 8.12. The molecule has 4 heteroatoms. The molecule has 0 radical (unpaired) electrons. The third-order valence-corrected chi connectivity index (χ3v) is 1.63. The van der Waals surface area contributed by atoms with Crippen LogP contribution in [0.2, 0.25) is 0 Å². The van der Waals surface area contributed by atoms with Crippen molar-refractivity contribution in [3.63, 3.8) is 0 Å². The Morgan fingerprint density at radius 1 is 0.842 bits per heavy atom. The van der Waals surface area contributed by atoms with E-state index in [0.717, 1.165) is 6.42 Å². The van der Waals surface area contributed by atoms with Gasteiger partial charge in [0.15, 0.2) is 0 Å². The molecule has 0 heterocycles. The number of aliphatic carboxylic acids is 1. The standard InChI is InChI=1S/C8H18O2.C7H14O2/c1-7(2,3)9-10-8(4,5)6;1-7(2,3)5-4-6(8)9/h1-6H3;4-5H2,1-3H3,(H,8,9). The van der Waals surface area contributed by atoms with Gasteiger partial charge in [-0.15, -0.1) is 0 Å². The van der Waals surface area contributed by atoms with Crippen LogP contribution in [-0.2, 0) is 14.6 Å². The van der Waals surface area contributed by atoms with Crippen molar-refractivity contribution < 1.29 is 19.7 Å². The highest BCUT2D eigenvalue weighted by Gasteiger charge is 2.18. The van der Waals surface area contributed by atoms with Crippen molar-refractivity contribution >= 4 is 5.97 Å². The van der Waals surface area contributed by atoms with Gasteiger partial charge < -0.3 is 5.11 Å². The minimum absolute atomic E-state index is 0.151. The van der Waals surface area contributed by atoms with Crippen molar-refractivity contribution in [3.05, 3.63) is 0 Å². The predicted molar refractivity (Wildman–Crippen MR) is 78.0 cm³/mol. The zero-order chi connectivity index (χ0) is 15.9. The summed E-state index contributed by atoms with van der Waals surface area (Å²) < 4.78 is 0. The minimum atomic E-state index is -0.704. The molecule has 1 N–H and O–H groups in total. The maximum Gasteiger partial charge on any atom is 0.303 e. The van der Waals surface area contributed by atoms with Crippen LogP contribution in [0.3, 0.4) is 0 Å². The number of hydrogen-bond acceptors (Lipinski definition) is 3. The molecule has 0 aromatic carbocycles. The summed E-state index contributed by atoms with van der Waals surface area (Å²) in [5, 5.41) is 8.28. The van der Waals surface area contributed by atoms with Crippen LogP contribution in [0, 0.1) is 5.41 Å². The van der Waals surface area contributed by atoms with E-state index >= 15 is 0 Å². The van der Waals surface area contributed by atoms with Gasteiger partial charge in [0.25, 0.3) is 0 Å². The first-order valence-electron chi connectivity index (χ1n) is 6.71. The Bertz CT molecular complexity index is 237. The third kappa shape index (κ3) is 26.8. The molecule has 0 saturated carbocycles. The highest BCUT2D eigenvalue weighted by atomic mass is 17.2. The Balaban J connectivity index is 0. The molecule has 19 heavy (non-hydrogen) atoms. The summed E-state index contributed by atoms with van der Waals surface area (Å²) in [6.07, 6.45) is 1.03. The first-order valence-corrected chi connectivity index (χ1v) is 6.71. The Hall–Kier alpha value is -0.610. The zero-order valence-electron chi connectivity index (χ0n) is 14.1. The van der Waals surface area contributed by atoms with Gasteiger partial charge >= 0.3 is 5.97 Å². The lowest BCUT2D eigenvalue weighted by Gasteiger charge is -2.24. The largest absolute Gasteiger partial charge is 0.481 e. The van der Waals surface area contributed by atoms with Gasteiger partial charge in [-0.1, -0.05) is 20.8 Å². The third-order valence-electron chi connectivity index (χ3n) is 1.63. The Kier molecular flexibility index (Phi) is 8.56. The lowest BCUT2D eigenvalue weighted by Crippen LogP contribution is -2.27. The van der Waals surface area contributed by atoms with Crippen LogP contribution in [0.25, 0.3) is 0 Å². The van der Waals surface area contributed by atoms with Crippen molar-refractivity contribution in [2.75, 3.05) is 0 Å². The van der Waals surface area contributed by atoms with E-state index in [0.29, 0.717) is 0 Å². The summed E-state index contributed by atoms with van der Waals surface area (Å²) in [6, 6.07) is 0. The average Bonchev–Trinajstić information content (AvgIpc) is 2.10. The predicted octanol–water partition coefficient (Wildman–Crippen LogP) is 4.43. The van der Waals surface area contributed by atoms with Gasteiger partial charge in [0.05, 0.1) is 11.2 Å². The van der Waals surface area contributed by atoms with Crippen LogP contribution in [-0.4, -0.2) is 22.3 Å². The van der Waals surface area contributed by atoms with Crippen LogP contribution in [0.4, 0.5) is 0 Å². The molecule has 0 fully saturated rings. The van der Waals surface area contributed by atoms with E-state index in [-0.39, 0.29) is 23.0 Å². The molecular formula is C15H32O4. The minimum Gasteiger partial charge on any atom is -0.481 e. The summed E-state index contributed by atoms with van der Waals surface area (Å²) in [5.41, 5.74) is -0.279. The van der Waals surface area contributed by atoms with E-state index in [9.17, 15) is 4.79 Å². The second-order valence-corrected chi connectivity index (χ2v) is 7.85. The van der Waals surface area contributed by atoms with Crippen LogP contribution >= 0.6 is 0 Å². The van der Waals surface area contributed by atoms with E-state index in [1.165, 1.54) is 0 Å². The summed E-state index contributed by atoms with van der Waals surface area (Å²) in [5.74, 6) is -0.704. The number of carboxylic acid groups (broad SMARTS) is 1. The molecular weight excluding hydrogens is 244 g/mol. The van der Waals surface area contributed by atoms with E-state index in [2.05, 4.69) is 0 Å². The number of carboxylic acids is 1. The fraction of sp³-hybridized carbons (Fsp3) is 0.933.